The average Bonchev–Trinajstić information content (AvgIpc) is 3.20. The standard InChI is InChI=1S/C6H9N3O2.C5H9NO3.C2H5NO2/c7-5(6(10)11)1-4-2-8-3-9-4;7-3-1-4(5(8)9)6-2-3;3-1-2(4)5/h2-3,5H,1,7H2,(H,8,9)(H,10,11);3-4,6-7H,1-2H2,(H,8,9);1,3H2,(H,4,5)/t;3-,4+;/m.1./s1. The van der Waals surface area contributed by atoms with Gasteiger partial charge in [-0.2, -0.15) is 0 Å². The number of rotatable bonds is 5. The van der Waals surface area contributed by atoms with Crippen LogP contribution in [0.15, 0.2) is 12.5 Å². The van der Waals surface area contributed by atoms with Crippen molar-refractivity contribution < 1.29 is 34.8 Å². The number of carbonyl (C=O) groups is 3. The Labute approximate surface area is 142 Å². The number of β-amino-alcohol motifs (C(OH)–C–C–N with tert-alkyl or cyclic N) is 1. The van der Waals surface area contributed by atoms with Crippen LogP contribution in [0.25, 0.3) is 0 Å². The quantitative estimate of drug-likeness (QED) is 0.267. The molecule has 0 aromatic carbocycles. The molecule has 3 atom stereocenters. The number of nitrogens with zero attached hydrogens (tertiary/aromatic N) is 1. The van der Waals surface area contributed by atoms with Crippen molar-refractivity contribution in [2.24, 2.45) is 11.5 Å². The second kappa shape index (κ2) is 11.9. The van der Waals surface area contributed by atoms with Crippen LogP contribution in [0.5, 0.6) is 0 Å². The van der Waals surface area contributed by atoms with Gasteiger partial charge in [-0.05, 0) is 0 Å². The topological polar surface area (TPSA) is 225 Å². The number of nitrogens with two attached hydrogens (primary N) is 2. The van der Waals surface area contributed by atoms with E-state index in [1.54, 1.807) is 6.20 Å². The number of aliphatic carboxylic acids is 3. The molecule has 25 heavy (non-hydrogen) atoms. The molecule has 1 aromatic rings. The molecule has 2 heterocycles. The van der Waals surface area contributed by atoms with Crippen LogP contribution in [-0.4, -0.2) is 79.6 Å². The summed E-state index contributed by atoms with van der Waals surface area (Å²) in [6.45, 7) is 0.122. The molecule has 1 aliphatic rings. The Morgan fingerprint density at radius 3 is 2.20 bits per heavy atom. The van der Waals surface area contributed by atoms with Crippen molar-refractivity contribution >= 4 is 17.9 Å². The first kappa shape index (κ1) is 22.5. The molecule has 0 radical (unpaired) electrons. The lowest BCUT2D eigenvalue weighted by Crippen LogP contribution is -2.32. The highest BCUT2D eigenvalue weighted by Crippen LogP contribution is 2.05. The molecule has 12 nitrogen and oxygen atoms in total. The highest BCUT2D eigenvalue weighted by molar-refractivity contribution is 5.74. The third-order valence-electron chi connectivity index (χ3n) is 2.88. The van der Waals surface area contributed by atoms with E-state index in [1.165, 1.54) is 6.33 Å². The molecule has 2 rings (SSSR count). The van der Waals surface area contributed by atoms with Crippen LogP contribution in [0, 0.1) is 0 Å². The van der Waals surface area contributed by atoms with Crippen molar-refractivity contribution in [3.05, 3.63) is 18.2 Å². The Kier molecular flexibility index (Phi) is 10.7. The molecule has 1 aliphatic heterocycles. The van der Waals surface area contributed by atoms with Crippen LogP contribution < -0.4 is 16.8 Å². The van der Waals surface area contributed by atoms with Gasteiger partial charge in [0.25, 0.3) is 0 Å². The molecule has 0 aliphatic carbocycles. The molecule has 1 saturated heterocycles. The smallest absolute Gasteiger partial charge is 0.320 e. The van der Waals surface area contributed by atoms with E-state index >= 15 is 0 Å². The fourth-order valence-electron chi connectivity index (χ4n) is 1.62. The zero-order valence-electron chi connectivity index (χ0n) is 13.3. The summed E-state index contributed by atoms with van der Waals surface area (Å²) in [6.07, 6.45) is 3.23. The van der Waals surface area contributed by atoms with Crippen LogP contribution in [0.1, 0.15) is 12.1 Å². The summed E-state index contributed by atoms with van der Waals surface area (Å²) in [4.78, 5) is 36.2. The Bertz CT molecular complexity index is 537. The first-order valence-electron chi connectivity index (χ1n) is 7.19. The third kappa shape index (κ3) is 10.8. The number of aromatic amines is 1. The van der Waals surface area contributed by atoms with Gasteiger partial charge < -0.3 is 42.2 Å². The van der Waals surface area contributed by atoms with Gasteiger partial charge in [0.1, 0.15) is 12.1 Å². The van der Waals surface area contributed by atoms with Crippen molar-refractivity contribution in [2.45, 2.75) is 31.0 Å². The van der Waals surface area contributed by atoms with E-state index in [0.717, 1.165) is 0 Å². The number of hydrogen-bond acceptors (Lipinski definition) is 8. The van der Waals surface area contributed by atoms with Gasteiger partial charge in [-0.1, -0.05) is 0 Å². The Morgan fingerprint density at radius 1 is 1.32 bits per heavy atom. The van der Waals surface area contributed by atoms with Crippen molar-refractivity contribution in [1.29, 1.82) is 0 Å². The van der Waals surface area contributed by atoms with Crippen LogP contribution in [0.3, 0.4) is 0 Å². The summed E-state index contributed by atoms with van der Waals surface area (Å²) < 4.78 is 0. The largest absolute Gasteiger partial charge is 0.480 e. The second-order valence-corrected chi connectivity index (χ2v) is 5.00. The molecule has 0 bridgehead atoms. The zero-order valence-corrected chi connectivity index (χ0v) is 13.3. The fraction of sp³-hybridized carbons (Fsp3) is 0.538. The molecule has 1 aromatic heterocycles. The maximum absolute atomic E-state index is 10.3. The number of nitrogens with one attached hydrogen (secondary N) is 2. The van der Waals surface area contributed by atoms with Gasteiger partial charge in [0.15, 0.2) is 0 Å². The lowest BCUT2D eigenvalue weighted by Gasteiger charge is -2.01. The van der Waals surface area contributed by atoms with E-state index in [4.69, 9.17) is 26.2 Å². The molecule has 0 spiro atoms. The van der Waals surface area contributed by atoms with Crippen molar-refractivity contribution in [3.63, 3.8) is 0 Å². The van der Waals surface area contributed by atoms with Gasteiger partial charge in [-0.25, -0.2) is 4.98 Å². The summed E-state index contributed by atoms with van der Waals surface area (Å²) in [5.41, 5.74) is 10.5. The van der Waals surface area contributed by atoms with Crippen LogP contribution in [0.4, 0.5) is 0 Å². The normalized spacial score (nSPS) is 19.6. The van der Waals surface area contributed by atoms with Crippen LogP contribution >= 0.6 is 0 Å². The van der Waals surface area contributed by atoms with Crippen LogP contribution in [-0.2, 0) is 20.8 Å². The minimum absolute atomic E-state index is 0.263. The van der Waals surface area contributed by atoms with Gasteiger partial charge in [0, 0.05) is 25.6 Å². The minimum Gasteiger partial charge on any atom is -0.480 e. The second-order valence-electron chi connectivity index (χ2n) is 5.00. The first-order valence-corrected chi connectivity index (χ1v) is 7.19. The van der Waals surface area contributed by atoms with E-state index < -0.39 is 36.1 Å². The van der Waals surface area contributed by atoms with E-state index in [2.05, 4.69) is 21.0 Å². The summed E-state index contributed by atoms with van der Waals surface area (Å²) >= 11 is 0. The number of carboxylic acid groups (broad SMARTS) is 3. The van der Waals surface area contributed by atoms with Crippen molar-refractivity contribution in [2.75, 3.05) is 13.1 Å². The number of aliphatic hydroxyl groups is 1. The zero-order chi connectivity index (χ0) is 19.4. The Hall–Kier alpha value is -2.54. The SMILES string of the molecule is NC(Cc1c[nH]cn1)C(=O)O.NCC(=O)O.O=C(O)[C@@H]1C[C@@H](O)CN1. The molecule has 142 valence electrons. The Balaban J connectivity index is 0.000000372. The van der Waals surface area contributed by atoms with Crippen LogP contribution in [0.2, 0.25) is 0 Å². The molecular weight excluding hydrogens is 338 g/mol. The molecule has 1 fully saturated rings. The van der Waals surface area contributed by atoms with E-state index in [0.29, 0.717) is 18.7 Å². The lowest BCUT2D eigenvalue weighted by atomic mass is 10.2. The summed E-state index contributed by atoms with van der Waals surface area (Å²) in [7, 11) is 0. The number of hydrogen-bond donors (Lipinski definition) is 8. The van der Waals surface area contributed by atoms with E-state index in [9.17, 15) is 14.4 Å². The van der Waals surface area contributed by atoms with Gasteiger partial charge in [0.05, 0.1) is 24.7 Å². The maximum Gasteiger partial charge on any atom is 0.320 e. The average molecular weight is 361 g/mol. The Morgan fingerprint density at radius 2 is 1.92 bits per heavy atom. The summed E-state index contributed by atoms with van der Waals surface area (Å²) in [5.74, 6) is -2.86. The van der Waals surface area contributed by atoms with Crippen molar-refractivity contribution in [3.8, 4) is 0 Å². The van der Waals surface area contributed by atoms with Gasteiger partial charge in [-0.3, -0.25) is 14.4 Å². The van der Waals surface area contributed by atoms with Gasteiger partial charge in [0.2, 0.25) is 0 Å². The third-order valence-corrected chi connectivity index (χ3v) is 2.88. The molecule has 0 saturated carbocycles. The van der Waals surface area contributed by atoms with E-state index in [1.807, 2.05) is 0 Å². The van der Waals surface area contributed by atoms with Crippen molar-refractivity contribution in [1.82, 2.24) is 15.3 Å². The fourth-order valence-corrected chi connectivity index (χ4v) is 1.62. The van der Waals surface area contributed by atoms with Gasteiger partial charge >= 0.3 is 17.9 Å². The summed E-state index contributed by atoms with van der Waals surface area (Å²) in [5, 5.41) is 35.9. The number of carboxylic acids is 3. The predicted molar refractivity (Wildman–Crippen MR) is 84.6 cm³/mol. The number of aliphatic hydroxyl groups excluding tert-OH is 1. The lowest BCUT2D eigenvalue weighted by molar-refractivity contribution is -0.139. The highest BCUT2D eigenvalue weighted by Gasteiger charge is 2.27. The molecule has 10 N–H and O–H groups in total. The molecular formula is C13H23N5O7. The molecule has 0 amide bonds. The minimum atomic E-state index is -1.01. The highest BCUT2D eigenvalue weighted by atomic mass is 16.4. The molecule has 12 heteroatoms. The number of H-pyrrole nitrogens is 1. The predicted octanol–water partition coefficient (Wildman–Crippen LogP) is -2.81. The number of aromatic nitrogens is 2. The number of imidazole rings is 1. The molecule has 1 unspecified atom stereocenters. The monoisotopic (exact) mass is 361 g/mol. The summed E-state index contributed by atoms with van der Waals surface area (Å²) in [6, 6.07) is -1.40. The first-order chi connectivity index (χ1) is 11.7. The van der Waals surface area contributed by atoms with Gasteiger partial charge in [-0.15, -0.1) is 0 Å². The van der Waals surface area contributed by atoms with E-state index in [-0.39, 0.29) is 13.0 Å². The maximum atomic E-state index is 10.3.